The van der Waals surface area contributed by atoms with Crippen LogP contribution in [0, 0.1) is 6.92 Å². The standard InChI is InChI=1S/C12H18N2O2/c1-8-4-11(14-16-8)7-15-12-5-9-2-3-10(6-12)13-9/h4,9-10,12-13H,2-3,5-7H2,1H3. The molecule has 1 aromatic heterocycles. The van der Waals surface area contributed by atoms with Crippen molar-refractivity contribution in [1.29, 1.82) is 0 Å². The summed E-state index contributed by atoms with van der Waals surface area (Å²) in [6, 6.07) is 3.31. The number of ether oxygens (including phenoxy) is 1. The van der Waals surface area contributed by atoms with Gasteiger partial charge >= 0.3 is 0 Å². The molecular formula is C12H18N2O2. The third-order valence-electron chi connectivity index (χ3n) is 3.57. The maximum Gasteiger partial charge on any atom is 0.134 e. The lowest BCUT2D eigenvalue weighted by molar-refractivity contribution is 0.00668. The van der Waals surface area contributed by atoms with Crippen molar-refractivity contribution in [1.82, 2.24) is 10.5 Å². The van der Waals surface area contributed by atoms with Gasteiger partial charge in [-0.15, -0.1) is 0 Å². The topological polar surface area (TPSA) is 47.3 Å². The predicted octanol–water partition coefficient (Wildman–Crippen LogP) is 1.78. The number of piperidine rings is 1. The molecule has 2 atom stereocenters. The molecule has 2 aliphatic rings. The van der Waals surface area contributed by atoms with E-state index < -0.39 is 0 Å². The summed E-state index contributed by atoms with van der Waals surface area (Å²) in [5.74, 6) is 0.851. The van der Waals surface area contributed by atoms with Gasteiger partial charge in [-0.05, 0) is 32.6 Å². The first-order valence-corrected chi connectivity index (χ1v) is 6.09. The summed E-state index contributed by atoms with van der Waals surface area (Å²) in [4.78, 5) is 0. The van der Waals surface area contributed by atoms with E-state index in [9.17, 15) is 0 Å². The highest BCUT2D eigenvalue weighted by molar-refractivity contribution is 5.02. The third-order valence-corrected chi connectivity index (χ3v) is 3.57. The molecule has 2 fully saturated rings. The van der Waals surface area contributed by atoms with Crippen molar-refractivity contribution in [2.75, 3.05) is 0 Å². The summed E-state index contributed by atoms with van der Waals surface area (Å²) < 4.78 is 10.9. The van der Waals surface area contributed by atoms with Crippen LogP contribution in [0.4, 0.5) is 0 Å². The van der Waals surface area contributed by atoms with Crippen molar-refractivity contribution >= 4 is 0 Å². The maximum absolute atomic E-state index is 5.90. The lowest BCUT2D eigenvalue weighted by Gasteiger charge is -2.28. The van der Waals surface area contributed by atoms with Crippen molar-refractivity contribution in [3.63, 3.8) is 0 Å². The third kappa shape index (κ3) is 2.13. The van der Waals surface area contributed by atoms with Gasteiger partial charge < -0.3 is 14.6 Å². The minimum absolute atomic E-state index is 0.399. The van der Waals surface area contributed by atoms with Crippen LogP contribution in [0.1, 0.15) is 37.1 Å². The number of fused-ring (bicyclic) bond motifs is 2. The molecule has 4 heteroatoms. The number of rotatable bonds is 3. The Balaban J connectivity index is 1.52. The lowest BCUT2D eigenvalue weighted by Crippen LogP contribution is -2.41. The second-order valence-corrected chi connectivity index (χ2v) is 4.97. The van der Waals surface area contributed by atoms with E-state index in [0.29, 0.717) is 24.8 Å². The summed E-state index contributed by atoms with van der Waals surface area (Å²) in [5, 5.41) is 7.55. The number of hydrogen-bond acceptors (Lipinski definition) is 4. The van der Waals surface area contributed by atoms with Gasteiger partial charge in [-0.25, -0.2) is 0 Å². The summed E-state index contributed by atoms with van der Waals surface area (Å²) >= 11 is 0. The van der Waals surface area contributed by atoms with Crippen LogP contribution in [0.5, 0.6) is 0 Å². The Morgan fingerprint density at radius 1 is 1.44 bits per heavy atom. The van der Waals surface area contributed by atoms with Crippen LogP contribution in [-0.4, -0.2) is 23.3 Å². The Kier molecular flexibility index (Phi) is 2.69. The van der Waals surface area contributed by atoms with Gasteiger partial charge in [0.05, 0.1) is 12.7 Å². The van der Waals surface area contributed by atoms with Crippen LogP contribution in [0.3, 0.4) is 0 Å². The first-order valence-electron chi connectivity index (χ1n) is 6.09. The highest BCUT2D eigenvalue weighted by Crippen LogP contribution is 2.28. The number of aromatic nitrogens is 1. The fourth-order valence-electron chi connectivity index (χ4n) is 2.83. The Labute approximate surface area is 95.3 Å². The van der Waals surface area contributed by atoms with Gasteiger partial charge in [-0.2, -0.15) is 0 Å². The number of nitrogens with one attached hydrogen (secondary N) is 1. The van der Waals surface area contributed by atoms with Gasteiger partial charge in [0, 0.05) is 18.2 Å². The average molecular weight is 222 g/mol. The van der Waals surface area contributed by atoms with Crippen molar-refractivity contribution in [3.05, 3.63) is 17.5 Å². The molecule has 0 amide bonds. The predicted molar refractivity (Wildman–Crippen MR) is 59.0 cm³/mol. The number of aryl methyl sites for hydroxylation is 1. The molecule has 2 unspecified atom stereocenters. The Morgan fingerprint density at radius 3 is 2.81 bits per heavy atom. The molecule has 2 aliphatic heterocycles. The zero-order valence-electron chi connectivity index (χ0n) is 9.61. The summed E-state index contributed by atoms with van der Waals surface area (Å²) in [5.41, 5.74) is 0.906. The Morgan fingerprint density at radius 2 is 2.19 bits per heavy atom. The van der Waals surface area contributed by atoms with Gasteiger partial charge in [-0.3, -0.25) is 0 Å². The molecule has 3 rings (SSSR count). The highest BCUT2D eigenvalue weighted by atomic mass is 16.5. The molecule has 4 nitrogen and oxygen atoms in total. The molecule has 0 aliphatic carbocycles. The van der Waals surface area contributed by atoms with Crippen LogP contribution in [0.2, 0.25) is 0 Å². The summed E-state index contributed by atoms with van der Waals surface area (Å²) in [6.07, 6.45) is 5.32. The van der Waals surface area contributed by atoms with Crippen molar-refractivity contribution in [2.45, 2.75) is 57.4 Å². The normalized spacial score (nSPS) is 33.2. The Bertz CT molecular complexity index is 352. The monoisotopic (exact) mass is 222 g/mol. The molecule has 2 bridgehead atoms. The molecular weight excluding hydrogens is 204 g/mol. The highest BCUT2D eigenvalue weighted by Gasteiger charge is 2.33. The van der Waals surface area contributed by atoms with E-state index in [-0.39, 0.29) is 0 Å². The molecule has 0 radical (unpaired) electrons. The second kappa shape index (κ2) is 4.18. The molecule has 0 saturated carbocycles. The quantitative estimate of drug-likeness (QED) is 0.847. The average Bonchev–Trinajstić information content (AvgIpc) is 2.83. The van der Waals surface area contributed by atoms with Crippen molar-refractivity contribution < 1.29 is 9.26 Å². The van der Waals surface area contributed by atoms with Crippen LogP contribution < -0.4 is 5.32 Å². The van der Waals surface area contributed by atoms with Gasteiger partial charge in [0.25, 0.3) is 0 Å². The van der Waals surface area contributed by atoms with Crippen LogP contribution in [-0.2, 0) is 11.3 Å². The summed E-state index contributed by atoms with van der Waals surface area (Å²) in [7, 11) is 0. The molecule has 88 valence electrons. The largest absolute Gasteiger partial charge is 0.372 e. The zero-order valence-corrected chi connectivity index (χ0v) is 9.61. The molecule has 3 heterocycles. The molecule has 1 N–H and O–H groups in total. The SMILES string of the molecule is Cc1cc(COC2CC3CCC(C2)N3)no1. The lowest BCUT2D eigenvalue weighted by atomic mass is 10.0. The summed E-state index contributed by atoms with van der Waals surface area (Å²) in [6.45, 7) is 2.49. The molecule has 2 saturated heterocycles. The first-order chi connectivity index (χ1) is 7.79. The fourth-order valence-corrected chi connectivity index (χ4v) is 2.83. The minimum Gasteiger partial charge on any atom is -0.372 e. The maximum atomic E-state index is 5.90. The molecule has 16 heavy (non-hydrogen) atoms. The van der Waals surface area contributed by atoms with Gasteiger partial charge in [0.1, 0.15) is 11.5 Å². The molecule has 0 aromatic carbocycles. The van der Waals surface area contributed by atoms with Crippen LogP contribution >= 0.6 is 0 Å². The van der Waals surface area contributed by atoms with E-state index >= 15 is 0 Å². The van der Waals surface area contributed by atoms with Crippen molar-refractivity contribution in [2.24, 2.45) is 0 Å². The van der Waals surface area contributed by atoms with Gasteiger partial charge in [0.2, 0.25) is 0 Å². The fraction of sp³-hybridized carbons (Fsp3) is 0.750. The molecule has 1 aromatic rings. The van der Waals surface area contributed by atoms with E-state index in [1.807, 2.05) is 13.0 Å². The zero-order chi connectivity index (χ0) is 11.0. The number of nitrogens with zero attached hydrogens (tertiary/aromatic N) is 1. The smallest absolute Gasteiger partial charge is 0.134 e. The van der Waals surface area contributed by atoms with E-state index in [2.05, 4.69) is 10.5 Å². The van der Waals surface area contributed by atoms with E-state index in [1.54, 1.807) is 0 Å². The minimum atomic E-state index is 0.399. The van der Waals surface area contributed by atoms with E-state index in [4.69, 9.17) is 9.26 Å². The van der Waals surface area contributed by atoms with Gasteiger partial charge in [0.15, 0.2) is 0 Å². The van der Waals surface area contributed by atoms with Crippen LogP contribution in [0.25, 0.3) is 0 Å². The van der Waals surface area contributed by atoms with Crippen molar-refractivity contribution in [3.8, 4) is 0 Å². The van der Waals surface area contributed by atoms with E-state index in [1.165, 1.54) is 12.8 Å². The first kappa shape index (κ1) is 10.3. The van der Waals surface area contributed by atoms with Crippen LogP contribution in [0.15, 0.2) is 10.6 Å². The molecule has 0 spiro atoms. The second-order valence-electron chi connectivity index (χ2n) is 4.97. The Hall–Kier alpha value is -0.870. The van der Waals surface area contributed by atoms with E-state index in [0.717, 1.165) is 24.3 Å². The number of hydrogen-bond donors (Lipinski definition) is 1. The van der Waals surface area contributed by atoms with Gasteiger partial charge in [-0.1, -0.05) is 5.16 Å².